The number of benzene rings is 2. The molecule has 1 aromatic heterocycles. The largest absolute Gasteiger partial charge is 0.482 e. The first-order chi connectivity index (χ1) is 19.6. The molecule has 0 fully saturated rings. The van der Waals surface area contributed by atoms with Crippen LogP contribution < -0.4 is 4.74 Å². The van der Waals surface area contributed by atoms with Gasteiger partial charge in [-0.2, -0.15) is 4.98 Å². The van der Waals surface area contributed by atoms with Gasteiger partial charge in [0.15, 0.2) is 17.6 Å². The zero-order valence-corrected chi connectivity index (χ0v) is 26.1. The van der Waals surface area contributed by atoms with Crippen LogP contribution in [0.15, 0.2) is 64.5 Å². The lowest BCUT2D eigenvalue weighted by Crippen LogP contribution is -2.19. The number of nitrogens with zero attached hydrogens (tertiary/aromatic N) is 3. The predicted molar refractivity (Wildman–Crippen MR) is 164 cm³/mol. The van der Waals surface area contributed by atoms with Crippen LogP contribution in [0, 0.1) is 5.82 Å². The normalized spacial score (nSPS) is 11.5. The van der Waals surface area contributed by atoms with Crippen molar-refractivity contribution >= 4 is 11.5 Å². The van der Waals surface area contributed by atoms with Crippen LogP contribution in [0.4, 0.5) is 4.39 Å². The zero-order valence-electron chi connectivity index (χ0n) is 26.1. The second kappa shape index (κ2) is 18.5. The second-order valence-corrected chi connectivity index (χ2v) is 9.49. The van der Waals surface area contributed by atoms with Crippen LogP contribution in [0.5, 0.6) is 5.75 Å². The minimum absolute atomic E-state index is 0.0343. The van der Waals surface area contributed by atoms with E-state index >= 15 is 0 Å². The predicted octanol–water partition coefficient (Wildman–Crippen LogP) is 9.54. The first-order valence-electron chi connectivity index (χ1n) is 14.4. The first-order valence-corrected chi connectivity index (χ1v) is 14.4. The number of ketones is 1. The third-order valence-electron chi connectivity index (χ3n) is 5.83. The third kappa shape index (κ3) is 11.3. The smallest absolute Gasteiger partial charge is 0.229 e. The number of carbonyl (C=O) groups is 1. The molecule has 1 heterocycles. The van der Waals surface area contributed by atoms with Crippen molar-refractivity contribution in [3.05, 3.63) is 77.6 Å². The number of ether oxygens (including phenoxy) is 1. The second-order valence-electron chi connectivity index (χ2n) is 9.49. The molecule has 0 radical (unpaired) electrons. The van der Waals surface area contributed by atoms with Gasteiger partial charge in [-0.1, -0.05) is 90.7 Å². The van der Waals surface area contributed by atoms with Gasteiger partial charge in [-0.3, -0.25) is 4.79 Å². The average molecular weight is 568 g/mol. The number of hydrogen-bond donors (Lipinski definition) is 0. The van der Waals surface area contributed by atoms with E-state index in [-0.39, 0.29) is 17.3 Å². The fourth-order valence-corrected chi connectivity index (χ4v) is 3.43. The van der Waals surface area contributed by atoms with E-state index in [4.69, 9.17) is 14.1 Å². The van der Waals surface area contributed by atoms with Crippen molar-refractivity contribution in [1.29, 1.82) is 0 Å². The van der Waals surface area contributed by atoms with E-state index < -0.39 is 11.9 Å². The van der Waals surface area contributed by atoms with Crippen LogP contribution >= 0.6 is 0 Å². The summed E-state index contributed by atoms with van der Waals surface area (Å²) in [5, 5.41) is 8.06. The van der Waals surface area contributed by atoms with Gasteiger partial charge in [0.2, 0.25) is 11.7 Å². The average Bonchev–Trinajstić information content (AvgIpc) is 3.47. The Labute approximate surface area is 244 Å². The summed E-state index contributed by atoms with van der Waals surface area (Å²) in [5.74, 6) is 1.26. The van der Waals surface area contributed by atoms with E-state index in [0.29, 0.717) is 40.9 Å². The monoisotopic (exact) mass is 567 g/mol. The van der Waals surface area contributed by atoms with Crippen molar-refractivity contribution in [2.75, 3.05) is 0 Å². The fourth-order valence-electron chi connectivity index (χ4n) is 3.43. The summed E-state index contributed by atoms with van der Waals surface area (Å²) in [5.41, 5.74) is 1.79. The highest BCUT2D eigenvalue weighted by Gasteiger charge is 2.17. The molecule has 41 heavy (non-hydrogen) atoms. The molecule has 3 rings (SSSR count). The molecule has 2 aromatic carbocycles. The number of aromatic nitrogens is 2. The molecule has 0 aliphatic rings. The maximum atomic E-state index is 14.1. The Morgan fingerprint density at radius 3 is 2.15 bits per heavy atom. The van der Waals surface area contributed by atoms with Gasteiger partial charge in [0, 0.05) is 17.0 Å². The van der Waals surface area contributed by atoms with E-state index in [1.54, 1.807) is 13.0 Å². The Balaban J connectivity index is 0.00000108. The number of rotatable bonds is 12. The van der Waals surface area contributed by atoms with E-state index in [9.17, 15) is 9.18 Å². The lowest BCUT2D eigenvalue weighted by atomic mass is 10.1. The lowest BCUT2D eigenvalue weighted by Gasteiger charge is -2.18. The maximum absolute atomic E-state index is 14.1. The van der Waals surface area contributed by atoms with Crippen LogP contribution in [0.1, 0.15) is 116 Å². The van der Waals surface area contributed by atoms with Gasteiger partial charge in [-0.25, -0.2) is 4.39 Å². The molecule has 224 valence electrons. The fraction of sp³-hybridized carbons (Fsp3) is 0.455. The summed E-state index contributed by atoms with van der Waals surface area (Å²) in [6.45, 7) is 21.3. The minimum Gasteiger partial charge on any atom is -0.482 e. The number of halogens is 1. The van der Waals surface area contributed by atoms with Crippen molar-refractivity contribution in [2.45, 2.75) is 100 Å². The maximum Gasteiger partial charge on any atom is 0.229 e. The SMILES string of the molecule is C=C(O/N=C(\C)c1ccc(C(C)=O)c(F)c1)C(CC)Oc1ccc(-c2noc(C(C)C)n2)cc1.CC.CCCCC. The Morgan fingerprint density at radius 2 is 1.68 bits per heavy atom. The van der Waals surface area contributed by atoms with Crippen molar-refractivity contribution in [3.63, 3.8) is 0 Å². The number of Topliss-reactive ketones (excluding diaryl/α,β-unsaturated/α-hetero) is 1. The van der Waals surface area contributed by atoms with Crippen molar-refractivity contribution in [2.24, 2.45) is 5.16 Å². The van der Waals surface area contributed by atoms with Gasteiger partial charge in [-0.15, -0.1) is 0 Å². The Morgan fingerprint density at radius 1 is 1.05 bits per heavy atom. The first kappa shape index (κ1) is 35.2. The third-order valence-corrected chi connectivity index (χ3v) is 5.83. The number of oxime groups is 1. The molecule has 0 bridgehead atoms. The number of hydrogen-bond acceptors (Lipinski definition) is 7. The zero-order chi connectivity index (χ0) is 30.9. The van der Waals surface area contributed by atoms with Crippen LogP contribution in [0.25, 0.3) is 11.4 Å². The standard InChI is InChI=1S/C26H28FN3O4.C5H12.C2H6/c1-7-24(18(6)33-29-16(4)20-10-13-22(17(5)31)23(27)14-20)32-21-11-8-19(9-12-21)25-28-26(15(2)3)34-30-25;1-3-5-4-2;1-2/h8-15,24H,6-7H2,1-5H3;3-5H2,1-2H3;1-2H3/b29-16+;;. The highest BCUT2D eigenvalue weighted by molar-refractivity contribution is 6.00. The van der Waals surface area contributed by atoms with Gasteiger partial charge < -0.3 is 14.1 Å². The van der Waals surface area contributed by atoms with E-state index in [2.05, 4.69) is 35.7 Å². The van der Waals surface area contributed by atoms with Crippen LogP contribution in [-0.4, -0.2) is 27.7 Å². The van der Waals surface area contributed by atoms with E-state index in [1.165, 1.54) is 38.3 Å². The molecule has 8 heteroatoms. The highest BCUT2D eigenvalue weighted by Crippen LogP contribution is 2.24. The van der Waals surface area contributed by atoms with Gasteiger partial charge in [-0.05, 0) is 56.7 Å². The summed E-state index contributed by atoms with van der Waals surface area (Å²) in [6.07, 6.45) is 4.23. The molecule has 0 saturated carbocycles. The molecular formula is C33H46FN3O4. The minimum atomic E-state index is -0.599. The molecule has 1 atom stereocenters. The van der Waals surface area contributed by atoms with E-state index in [0.717, 1.165) is 5.56 Å². The van der Waals surface area contributed by atoms with Gasteiger partial charge >= 0.3 is 0 Å². The topological polar surface area (TPSA) is 86.8 Å². The highest BCUT2D eigenvalue weighted by atomic mass is 19.1. The van der Waals surface area contributed by atoms with Crippen LogP contribution in [-0.2, 0) is 4.84 Å². The van der Waals surface area contributed by atoms with E-state index in [1.807, 2.05) is 58.9 Å². The molecular weight excluding hydrogens is 521 g/mol. The van der Waals surface area contributed by atoms with Gasteiger partial charge in [0.25, 0.3) is 0 Å². The van der Waals surface area contributed by atoms with Crippen LogP contribution in [0.3, 0.4) is 0 Å². The quantitative estimate of drug-likeness (QED) is 0.0937. The molecule has 0 spiro atoms. The summed E-state index contributed by atoms with van der Waals surface area (Å²) >= 11 is 0. The van der Waals surface area contributed by atoms with Crippen molar-refractivity contribution < 1.29 is 23.3 Å². The molecule has 0 aliphatic heterocycles. The van der Waals surface area contributed by atoms with Crippen molar-refractivity contribution in [1.82, 2.24) is 10.1 Å². The summed E-state index contributed by atoms with van der Waals surface area (Å²) in [6, 6.07) is 11.6. The summed E-state index contributed by atoms with van der Waals surface area (Å²) in [7, 11) is 0. The lowest BCUT2D eigenvalue weighted by molar-refractivity contribution is 0.101. The molecule has 0 aliphatic carbocycles. The van der Waals surface area contributed by atoms with Gasteiger partial charge in [0.1, 0.15) is 11.6 Å². The Bertz CT molecular complexity index is 1250. The Kier molecular flexibility index (Phi) is 15.9. The van der Waals surface area contributed by atoms with Crippen molar-refractivity contribution in [3.8, 4) is 17.1 Å². The summed E-state index contributed by atoms with van der Waals surface area (Å²) in [4.78, 5) is 21.3. The molecule has 0 saturated heterocycles. The molecule has 7 nitrogen and oxygen atoms in total. The number of carbonyl (C=O) groups excluding carboxylic acids is 1. The molecule has 3 aromatic rings. The Hall–Kier alpha value is -3.81. The molecule has 1 unspecified atom stereocenters. The number of unbranched alkanes of at least 4 members (excludes halogenated alkanes) is 2. The molecule has 0 amide bonds. The van der Waals surface area contributed by atoms with Crippen LogP contribution in [0.2, 0.25) is 0 Å². The molecule has 0 N–H and O–H groups in total. The van der Waals surface area contributed by atoms with Gasteiger partial charge in [0.05, 0.1) is 11.3 Å². The summed E-state index contributed by atoms with van der Waals surface area (Å²) < 4.78 is 25.4.